The lowest BCUT2D eigenvalue weighted by Gasteiger charge is -2.27. The van der Waals surface area contributed by atoms with Gasteiger partial charge in [-0.25, -0.2) is 4.68 Å². The van der Waals surface area contributed by atoms with Gasteiger partial charge in [0.15, 0.2) is 0 Å². The molecule has 2 heterocycles. The smallest absolute Gasteiger partial charge is 0.254 e. The normalized spacial score (nSPS) is 14.8. The number of carbonyl (C=O) groups excluding carboxylic acids is 1. The lowest BCUT2D eigenvalue weighted by molar-refractivity contribution is 0.0946. The minimum Gasteiger partial charge on any atom is -0.351 e. The maximum Gasteiger partial charge on any atom is 0.254 e. The quantitative estimate of drug-likeness (QED) is 0.827. The average Bonchev–Trinajstić information content (AvgIpc) is 2.98. The number of para-hydroxylation sites is 1. The van der Waals surface area contributed by atoms with Crippen LogP contribution in [-0.2, 0) is 0 Å². The van der Waals surface area contributed by atoms with Crippen LogP contribution in [0, 0.1) is 6.92 Å². The summed E-state index contributed by atoms with van der Waals surface area (Å²) in [6.45, 7) is 7.45. The van der Waals surface area contributed by atoms with Crippen molar-refractivity contribution in [2.24, 2.45) is 0 Å². The molecule has 1 fully saturated rings. The van der Waals surface area contributed by atoms with Crippen molar-refractivity contribution in [1.82, 2.24) is 25.3 Å². The molecule has 0 spiro atoms. The van der Waals surface area contributed by atoms with E-state index in [4.69, 9.17) is 11.6 Å². The predicted molar refractivity (Wildman–Crippen MR) is 102 cm³/mol. The van der Waals surface area contributed by atoms with Crippen LogP contribution in [0.3, 0.4) is 0 Å². The van der Waals surface area contributed by atoms with Crippen molar-refractivity contribution in [2.45, 2.75) is 6.92 Å². The first-order chi connectivity index (χ1) is 11.7. The van der Waals surface area contributed by atoms with E-state index in [1.54, 1.807) is 10.9 Å². The highest BCUT2D eigenvalue weighted by molar-refractivity contribution is 6.32. The zero-order valence-electron chi connectivity index (χ0n) is 14.2. The maximum absolute atomic E-state index is 12.4. The summed E-state index contributed by atoms with van der Waals surface area (Å²) in [7, 11) is 0. The lowest BCUT2D eigenvalue weighted by Crippen LogP contribution is -2.46. The molecule has 0 bridgehead atoms. The SMILES string of the molecule is Cc1c(C(=O)NCCN2CCNCC2)cnn1-c1ccccc1Cl.Cl. The molecular weight excluding hydrogens is 361 g/mol. The highest BCUT2D eigenvalue weighted by Gasteiger charge is 2.16. The highest BCUT2D eigenvalue weighted by Crippen LogP contribution is 2.21. The Kier molecular flexibility index (Phi) is 7.25. The number of halogens is 2. The molecule has 0 radical (unpaired) electrons. The number of nitrogens with zero attached hydrogens (tertiary/aromatic N) is 3. The summed E-state index contributed by atoms with van der Waals surface area (Å²) < 4.78 is 1.70. The third kappa shape index (κ3) is 4.73. The fraction of sp³-hybridized carbons (Fsp3) is 0.412. The number of nitrogens with one attached hydrogen (secondary N) is 2. The van der Waals surface area contributed by atoms with Gasteiger partial charge in [-0.15, -0.1) is 12.4 Å². The number of aromatic nitrogens is 2. The number of amides is 1. The molecule has 8 heteroatoms. The van der Waals surface area contributed by atoms with Crippen LogP contribution in [0.5, 0.6) is 0 Å². The van der Waals surface area contributed by atoms with Crippen LogP contribution < -0.4 is 10.6 Å². The van der Waals surface area contributed by atoms with E-state index in [1.165, 1.54) is 0 Å². The third-order valence-electron chi connectivity index (χ3n) is 4.26. The molecule has 1 aliphatic rings. The molecule has 0 aliphatic carbocycles. The molecule has 6 nitrogen and oxygen atoms in total. The van der Waals surface area contributed by atoms with E-state index < -0.39 is 0 Å². The topological polar surface area (TPSA) is 62.2 Å². The predicted octanol–water partition coefficient (Wildman–Crippen LogP) is 1.89. The molecule has 1 aromatic carbocycles. The van der Waals surface area contributed by atoms with Gasteiger partial charge in [-0.05, 0) is 19.1 Å². The first-order valence-electron chi connectivity index (χ1n) is 8.17. The van der Waals surface area contributed by atoms with Gasteiger partial charge in [0.2, 0.25) is 0 Å². The number of hydrogen-bond acceptors (Lipinski definition) is 4. The van der Waals surface area contributed by atoms with Crippen LogP contribution in [0.1, 0.15) is 16.1 Å². The Morgan fingerprint density at radius 1 is 1.32 bits per heavy atom. The highest BCUT2D eigenvalue weighted by atomic mass is 35.5. The number of rotatable bonds is 5. The summed E-state index contributed by atoms with van der Waals surface area (Å²) in [5.41, 5.74) is 2.13. The number of hydrogen-bond donors (Lipinski definition) is 2. The van der Waals surface area contributed by atoms with Crippen LogP contribution in [0.4, 0.5) is 0 Å². The lowest BCUT2D eigenvalue weighted by atomic mass is 10.2. The van der Waals surface area contributed by atoms with E-state index in [1.807, 2.05) is 31.2 Å². The van der Waals surface area contributed by atoms with Gasteiger partial charge < -0.3 is 10.6 Å². The second kappa shape index (κ2) is 9.20. The van der Waals surface area contributed by atoms with Crippen LogP contribution in [-0.4, -0.2) is 59.9 Å². The molecule has 136 valence electrons. The maximum atomic E-state index is 12.4. The molecule has 1 saturated heterocycles. The zero-order chi connectivity index (χ0) is 16.9. The molecule has 1 aromatic heterocycles. The Balaban J connectivity index is 0.00000225. The monoisotopic (exact) mass is 383 g/mol. The standard InChI is InChI=1S/C17H22ClN5O.ClH/c1-13-14(12-21-23(13)16-5-3-2-4-15(16)18)17(24)20-8-11-22-9-6-19-7-10-22;/h2-5,12,19H,6-11H2,1H3,(H,20,24);1H. The van der Waals surface area contributed by atoms with Crippen molar-refractivity contribution < 1.29 is 4.79 Å². The van der Waals surface area contributed by atoms with E-state index in [0.717, 1.165) is 44.1 Å². The van der Waals surface area contributed by atoms with Crippen LogP contribution in [0.25, 0.3) is 5.69 Å². The summed E-state index contributed by atoms with van der Waals surface area (Å²) in [5, 5.41) is 11.2. The van der Waals surface area contributed by atoms with Gasteiger partial charge in [-0.3, -0.25) is 9.69 Å². The summed E-state index contributed by atoms with van der Waals surface area (Å²) in [5.74, 6) is -0.0964. The molecule has 3 rings (SSSR count). The average molecular weight is 384 g/mol. The summed E-state index contributed by atoms with van der Waals surface area (Å²) in [4.78, 5) is 14.8. The molecule has 0 unspecified atom stereocenters. The Bertz CT molecular complexity index is 713. The van der Waals surface area contributed by atoms with Gasteiger partial charge in [0, 0.05) is 39.3 Å². The second-order valence-electron chi connectivity index (χ2n) is 5.85. The summed E-state index contributed by atoms with van der Waals surface area (Å²) >= 11 is 6.22. The fourth-order valence-corrected chi connectivity index (χ4v) is 3.07. The van der Waals surface area contributed by atoms with Gasteiger partial charge in [-0.1, -0.05) is 23.7 Å². The van der Waals surface area contributed by atoms with Crippen molar-refractivity contribution in [2.75, 3.05) is 39.3 Å². The van der Waals surface area contributed by atoms with Gasteiger partial charge in [-0.2, -0.15) is 5.10 Å². The van der Waals surface area contributed by atoms with Crippen molar-refractivity contribution in [3.05, 3.63) is 46.7 Å². The van der Waals surface area contributed by atoms with E-state index in [9.17, 15) is 4.79 Å². The largest absolute Gasteiger partial charge is 0.351 e. The number of benzene rings is 1. The van der Waals surface area contributed by atoms with E-state index in [0.29, 0.717) is 17.1 Å². The molecule has 2 aromatic rings. The van der Waals surface area contributed by atoms with Gasteiger partial charge in [0.25, 0.3) is 5.91 Å². The molecule has 0 atom stereocenters. The van der Waals surface area contributed by atoms with Gasteiger partial charge >= 0.3 is 0 Å². The van der Waals surface area contributed by atoms with E-state index >= 15 is 0 Å². The Morgan fingerprint density at radius 3 is 2.76 bits per heavy atom. The Labute approximate surface area is 158 Å². The molecular formula is C17H23Cl2N5O. The minimum absolute atomic E-state index is 0. The van der Waals surface area contributed by atoms with Crippen molar-refractivity contribution in [1.29, 1.82) is 0 Å². The van der Waals surface area contributed by atoms with Crippen LogP contribution in [0.15, 0.2) is 30.5 Å². The van der Waals surface area contributed by atoms with E-state index in [2.05, 4.69) is 20.6 Å². The number of piperazine rings is 1. The molecule has 2 N–H and O–H groups in total. The Morgan fingerprint density at radius 2 is 2.04 bits per heavy atom. The minimum atomic E-state index is -0.0964. The van der Waals surface area contributed by atoms with Crippen LogP contribution >= 0.6 is 24.0 Å². The molecule has 1 amide bonds. The molecule has 1 aliphatic heterocycles. The first-order valence-corrected chi connectivity index (χ1v) is 8.55. The van der Waals surface area contributed by atoms with Gasteiger partial charge in [0.05, 0.1) is 28.2 Å². The third-order valence-corrected chi connectivity index (χ3v) is 4.58. The fourth-order valence-electron chi connectivity index (χ4n) is 2.86. The summed E-state index contributed by atoms with van der Waals surface area (Å²) in [6.07, 6.45) is 1.60. The first kappa shape index (κ1) is 19.7. The number of carbonyl (C=O) groups is 1. The van der Waals surface area contributed by atoms with Gasteiger partial charge in [0.1, 0.15) is 0 Å². The molecule has 0 saturated carbocycles. The van der Waals surface area contributed by atoms with Crippen molar-refractivity contribution in [3.63, 3.8) is 0 Å². The Hall–Kier alpha value is -1.60. The molecule has 25 heavy (non-hydrogen) atoms. The zero-order valence-corrected chi connectivity index (χ0v) is 15.7. The van der Waals surface area contributed by atoms with Crippen molar-refractivity contribution >= 4 is 29.9 Å². The van der Waals surface area contributed by atoms with Crippen molar-refractivity contribution in [3.8, 4) is 5.69 Å². The second-order valence-corrected chi connectivity index (χ2v) is 6.26. The van der Waals surface area contributed by atoms with E-state index in [-0.39, 0.29) is 18.3 Å². The van der Waals surface area contributed by atoms with Crippen LogP contribution in [0.2, 0.25) is 5.02 Å². The summed E-state index contributed by atoms with van der Waals surface area (Å²) in [6, 6.07) is 7.46.